The number of hydrogen-bond donors (Lipinski definition) is 2. The summed E-state index contributed by atoms with van der Waals surface area (Å²) in [6.45, 7) is 5.15. The maximum atomic E-state index is 12.7. The predicted octanol–water partition coefficient (Wildman–Crippen LogP) is 4.11. The first-order valence-electron chi connectivity index (χ1n) is 9.29. The fourth-order valence-electron chi connectivity index (χ4n) is 2.81. The number of unbranched alkanes of at least 4 members (excludes halogenated alkanes) is 2. The van der Waals surface area contributed by atoms with Crippen LogP contribution in [0.15, 0.2) is 22.5 Å². The van der Waals surface area contributed by atoms with Crippen LogP contribution in [0, 0.1) is 5.92 Å². The van der Waals surface area contributed by atoms with Crippen LogP contribution >= 0.6 is 24.0 Å². The highest BCUT2D eigenvalue weighted by Crippen LogP contribution is 2.29. The molecule has 3 rings (SSSR count). The lowest BCUT2D eigenvalue weighted by Crippen LogP contribution is -2.35. The number of anilines is 1. The molecule has 0 aliphatic heterocycles. The van der Waals surface area contributed by atoms with Crippen molar-refractivity contribution in [3.05, 3.63) is 24.0 Å². The highest BCUT2D eigenvalue weighted by atomic mass is 32.2. The molecular formula is C18H24N6O2S2. The maximum absolute atomic E-state index is 12.7. The summed E-state index contributed by atoms with van der Waals surface area (Å²) in [6, 6.07) is 5.80. The Balaban J connectivity index is 1.53. The molecular weight excluding hydrogens is 396 g/mol. The Kier molecular flexibility index (Phi) is 7.21. The van der Waals surface area contributed by atoms with Gasteiger partial charge in [0, 0.05) is 18.7 Å². The van der Waals surface area contributed by atoms with Crippen LogP contribution < -0.4 is 4.90 Å². The molecule has 0 fully saturated rings. The van der Waals surface area contributed by atoms with Gasteiger partial charge in [-0.3, -0.25) is 4.90 Å². The summed E-state index contributed by atoms with van der Waals surface area (Å²) < 4.78 is 7.25. The summed E-state index contributed by atoms with van der Waals surface area (Å²) >= 11 is 5.81. The van der Waals surface area contributed by atoms with E-state index in [1.807, 2.05) is 18.2 Å². The summed E-state index contributed by atoms with van der Waals surface area (Å²) in [7, 11) is 0. The van der Waals surface area contributed by atoms with Gasteiger partial charge in [0.2, 0.25) is 0 Å². The highest BCUT2D eigenvalue weighted by molar-refractivity contribution is 7.82. The van der Waals surface area contributed by atoms with Crippen molar-refractivity contribution in [3.8, 4) is 0 Å². The Labute approximate surface area is 173 Å². The van der Waals surface area contributed by atoms with Crippen LogP contribution in [-0.2, 0) is 11.2 Å². The average molecular weight is 421 g/mol. The number of aromatic nitrogens is 5. The fraction of sp³-hybridized carbons (Fsp3) is 0.500. The van der Waals surface area contributed by atoms with Gasteiger partial charge in [0.1, 0.15) is 10.2 Å². The monoisotopic (exact) mass is 420 g/mol. The van der Waals surface area contributed by atoms with Crippen molar-refractivity contribution >= 4 is 46.0 Å². The fourth-order valence-corrected chi connectivity index (χ4v) is 3.95. The molecule has 150 valence electrons. The van der Waals surface area contributed by atoms with Gasteiger partial charge in [-0.1, -0.05) is 13.8 Å². The lowest BCUT2D eigenvalue weighted by atomic mass is 10.2. The topological polar surface area (TPSA) is 96.9 Å². The summed E-state index contributed by atoms with van der Waals surface area (Å²) in [5.74, 6) is 1.10. The maximum Gasteiger partial charge on any atom is 0.414 e. The molecule has 1 amide bonds. The van der Waals surface area contributed by atoms with Crippen LogP contribution in [0.25, 0.3) is 10.2 Å². The number of rotatable bonds is 9. The van der Waals surface area contributed by atoms with Crippen LogP contribution in [-0.4, -0.2) is 44.9 Å². The molecule has 2 aromatic heterocycles. The average Bonchev–Trinajstić information content (AvgIpc) is 3.30. The molecule has 10 heteroatoms. The first kappa shape index (κ1) is 20.5. The van der Waals surface area contributed by atoms with E-state index in [-0.39, 0.29) is 6.09 Å². The minimum atomic E-state index is -0.317. The number of aryl methyl sites for hydroxylation is 1. The Morgan fingerprint density at radius 3 is 2.93 bits per heavy atom. The van der Waals surface area contributed by atoms with Gasteiger partial charge in [-0.05, 0) is 53.8 Å². The lowest BCUT2D eigenvalue weighted by molar-refractivity contribution is 0.150. The Bertz CT molecular complexity index is 897. The molecule has 0 radical (unpaired) electrons. The summed E-state index contributed by atoms with van der Waals surface area (Å²) in [4.78, 5) is 18.7. The number of carbonyl (C=O) groups is 1. The van der Waals surface area contributed by atoms with Gasteiger partial charge in [-0.2, -0.15) is 0 Å². The third-order valence-corrected chi connectivity index (χ3v) is 5.31. The molecule has 28 heavy (non-hydrogen) atoms. The molecule has 0 aliphatic carbocycles. The normalized spacial score (nSPS) is 11.3. The van der Waals surface area contributed by atoms with Gasteiger partial charge in [-0.25, -0.2) is 14.9 Å². The van der Waals surface area contributed by atoms with Gasteiger partial charge in [0.25, 0.3) is 0 Å². The Morgan fingerprint density at radius 2 is 2.18 bits per heavy atom. The smallest absolute Gasteiger partial charge is 0.414 e. The van der Waals surface area contributed by atoms with E-state index < -0.39 is 0 Å². The molecule has 0 aliphatic rings. The zero-order valence-corrected chi connectivity index (χ0v) is 17.7. The number of benzene rings is 1. The zero-order valence-electron chi connectivity index (χ0n) is 16.0. The number of hydrogen-bond acceptors (Lipinski definition) is 8. The third kappa shape index (κ3) is 5.65. The molecule has 1 N–H and O–H groups in total. The molecule has 0 unspecified atom stereocenters. The van der Waals surface area contributed by atoms with Crippen molar-refractivity contribution in [3.63, 3.8) is 0 Å². The second kappa shape index (κ2) is 9.83. The predicted molar refractivity (Wildman–Crippen MR) is 112 cm³/mol. The largest absolute Gasteiger partial charge is 0.449 e. The van der Waals surface area contributed by atoms with E-state index in [0.29, 0.717) is 23.4 Å². The molecule has 0 atom stereocenters. The minimum absolute atomic E-state index is 0.317. The molecule has 0 spiro atoms. The van der Waals surface area contributed by atoms with Crippen molar-refractivity contribution in [2.75, 3.05) is 18.1 Å². The Morgan fingerprint density at radius 1 is 1.32 bits per heavy atom. The first-order valence-corrected chi connectivity index (χ1v) is 10.6. The molecule has 2 heterocycles. The number of tetrazole rings is 1. The van der Waals surface area contributed by atoms with E-state index in [1.165, 1.54) is 11.3 Å². The third-order valence-electron chi connectivity index (χ3n) is 4.11. The molecule has 8 nitrogen and oxygen atoms in total. The van der Waals surface area contributed by atoms with Crippen molar-refractivity contribution < 1.29 is 9.53 Å². The molecule has 0 bridgehead atoms. The number of nitrogens with one attached hydrogen (secondary N) is 1. The number of amides is 1. The van der Waals surface area contributed by atoms with Crippen LogP contribution in [0.3, 0.4) is 0 Å². The number of fused-ring (bicyclic) bond motifs is 1. The van der Waals surface area contributed by atoms with Crippen LogP contribution in [0.2, 0.25) is 0 Å². The summed E-state index contributed by atoms with van der Waals surface area (Å²) in [6.07, 6.45) is 3.17. The van der Waals surface area contributed by atoms with E-state index in [9.17, 15) is 4.79 Å². The zero-order chi connectivity index (χ0) is 19.9. The quantitative estimate of drug-likeness (QED) is 0.399. The van der Waals surface area contributed by atoms with E-state index in [1.54, 1.807) is 4.90 Å². The second-order valence-electron chi connectivity index (χ2n) is 6.93. The molecule has 1 aromatic carbocycles. The number of thiazole rings is 1. The van der Waals surface area contributed by atoms with Gasteiger partial charge >= 0.3 is 6.09 Å². The van der Waals surface area contributed by atoms with Crippen molar-refractivity contribution in [1.82, 2.24) is 25.6 Å². The number of thiol groups is 1. The minimum Gasteiger partial charge on any atom is -0.449 e. The lowest BCUT2D eigenvalue weighted by Gasteiger charge is -2.24. The summed E-state index contributed by atoms with van der Waals surface area (Å²) in [5.41, 5.74) is 1.71. The number of carbonyl (C=O) groups excluding carboxylic acids is 1. The molecule has 0 saturated heterocycles. The van der Waals surface area contributed by atoms with Crippen molar-refractivity contribution in [2.24, 2.45) is 5.92 Å². The van der Waals surface area contributed by atoms with Crippen molar-refractivity contribution in [1.29, 1.82) is 0 Å². The summed E-state index contributed by atoms with van der Waals surface area (Å²) in [5, 5.41) is 13.7. The number of nitrogens with zero attached hydrogens (tertiary/aromatic N) is 5. The van der Waals surface area contributed by atoms with Gasteiger partial charge in [0.05, 0.1) is 16.8 Å². The van der Waals surface area contributed by atoms with Crippen LogP contribution in [0.1, 0.15) is 38.9 Å². The number of aromatic amines is 1. The number of H-pyrrole nitrogens is 1. The van der Waals surface area contributed by atoms with Gasteiger partial charge in [-0.15, -0.1) is 29.1 Å². The van der Waals surface area contributed by atoms with E-state index in [4.69, 9.17) is 4.74 Å². The molecule has 3 aromatic rings. The van der Waals surface area contributed by atoms with Crippen LogP contribution in [0.4, 0.5) is 10.5 Å². The Hall–Kier alpha value is -2.20. The SMILES string of the molecule is CC(C)CN(C(=O)OCCCCCc1nnn[nH]1)c1ccc2nc(S)sc2c1. The van der Waals surface area contributed by atoms with E-state index >= 15 is 0 Å². The molecule has 0 saturated carbocycles. The second-order valence-corrected chi connectivity index (χ2v) is 8.68. The standard InChI is InChI=1S/C18H24N6O2S2/c1-12(2)11-24(13-7-8-14-15(10-13)28-17(27)19-14)18(25)26-9-5-3-4-6-16-20-22-23-21-16/h7-8,10,12H,3-6,9,11H2,1-2H3,(H,19,27)(H,20,21,22,23). The van der Waals surface area contributed by atoms with Crippen molar-refractivity contribution in [2.45, 2.75) is 43.9 Å². The van der Waals surface area contributed by atoms with Crippen LogP contribution in [0.5, 0.6) is 0 Å². The highest BCUT2D eigenvalue weighted by Gasteiger charge is 2.19. The van der Waals surface area contributed by atoms with E-state index in [0.717, 1.165) is 47.4 Å². The van der Waals surface area contributed by atoms with E-state index in [2.05, 4.69) is 52.1 Å². The first-order chi connectivity index (χ1) is 13.5. The van der Waals surface area contributed by atoms with Gasteiger partial charge in [0.15, 0.2) is 0 Å². The van der Waals surface area contributed by atoms with Gasteiger partial charge < -0.3 is 4.74 Å². The number of ether oxygens (including phenoxy) is 1.